The van der Waals surface area contributed by atoms with Gasteiger partial charge < -0.3 is 26.1 Å². The van der Waals surface area contributed by atoms with Gasteiger partial charge in [0.2, 0.25) is 6.61 Å². The number of hydrogen-bond acceptors (Lipinski definition) is 10. The molecule has 1 saturated heterocycles. The smallest absolute Gasteiger partial charge is 0.353 e. The molecule has 0 radical (unpaired) electrons. The van der Waals surface area contributed by atoms with Crippen molar-refractivity contribution >= 4 is 57.7 Å². The fourth-order valence-electron chi connectivity index (χ4n) is 2.69. The number of carbonyl (C=O) groups excluding carboxylic acids is 2. The summed E-state index contributed by atoms with van der Waals surface area (Å²) in [6, 6.07) is -1.04. The van der Waals surface area contributed by atoms with Crippen molar-refractivity contribution in [1.29, 1.82) is 0 Å². The zero-order valence-electron chi connectivity index (χ0n) is 14.9. The number of aromatic nitrogens is 1. The van der Waals surface area contributed by atoms with Crippen LogP contribution in [0.1, 0.15) is 5.69 Å². The van der Waals surface area contributed by atoms with Crippen LogP contribution < -0.4 is 11.1 Å². The van der Waals surface area contributed by atoms with E-state index in [1.807, 2.05) is 0 Å². The molecule has 2 aliphatic heterocycles. The molecule has 14 heteroatoms. The number of terminal acetylenes is 1. The van der Waals surface area contributed by atoms with E-state index >= 15 is 0 Å². The minimum atomic E-state index is -1.34. The summed E-state index contributed by atoms with van der Waals surface area (Å²) in [7, 11) is 0. The average Bonchev–Trinajstić information content (AvgIpc) is 3.13. The Hall–Kier alpha value is -3.57. The van der Waals surface area contributed by atoms with Crippen LogP contribution in [-0.4, -0.2) is 73.3 Å². The highest BCUT2D eigenvalue weighted by Gasteiger charge is 2.54. The number of carboxylic acid groups (broad SMARTS) is 2. The second-order valence-electron chi connectivity index (χ2n) is 5.82. The first-order valence-corrected chi connectivity index (χ1v) is 9.99. The lowest BCUT2D eigenvalue weighted by atomic mass is 10.0. The maximum atomic E-state index is 12.7. The van der Waals surface area contributed by atoms with Gasteiger partial charge >= 0.3 is 11.9 Å². The first-order chi connectivity index (χ1) is 14.2. The molecule has 30 heavy (non-hydrogen) atoms. The Morgan fingerprint density at radius 1 is 1.47 bits per heavy atom. The summed E-state index contributed by atoms with van der Waals surface area (Å²) in [6.45, 7) is -0.799. The second-order valence-corrected chi connectivity index (χ2v) is 7.81. The van der Waals surface area contributed by atoms with E-state index in [4.69, 9.17) is 17.3 Å². The zero-order valence-corrected chi connectivity index (χ0v) is 16.5. The third kappa shape index (κ3) is 3.93. The molecule has 2 atom stereocenters. The molecule has 0 saturated carbocycles. The van der Waals surface area contributed by atoms with Gasteiger partial charge in [-0.15, -0.1) is 29.5 Å². The number of nitrogens with one attached hydrogen (secondary N) is 1. The van der Waals surface area contributed by atoms with Crippen LogP contribution >= 0.6 is 23.1 Å². The van der Waals surface area contributed by atoms with Crippen LogP contribution in [0, 0.1) is 12.3 Å². The molecule has 0 bridgehead atoms. The molecular weight excluding hydrogens is 438 g/mol. The summed E-state index contributed by atoms with van der Waals surface area (Å²) in [5.41, 5.74) is 5.09. The molecule has 12 nitrogen and oxygen atoms in total. The van der Waals surface area contributed by atoms with Crippen LogP contribution in [0.2, 0.25) is 0 Å². The van der Waals surface area contributed by atoms with Crippen molar-refractivity contribution in [1.82, 2.24) is 15.2 Å². The van der Waals surface area contributed by atoms with Crippen molar-refractivity contribution in [2.45, 2.75) is 11.4 Å². The van der Waals surface area contributed by atoms with Gasteiger partial charge in [-0.3, -0.25) is 14.5 Å². The molecule has 2 aliphatic rings. The Morgan fingerprint density at radius 2 is 2.20 bits per heavy atom. The zero-order chi connectivity index (χ0) is 22.0. The molecule has 1 aromatic heterocycles. The number of anilines is 1. The van der Waals surface area contributed by atoms with Gasteiger partial charge in [0.05, 0.1) is 0 Å². The number of nitrogens with two attached hydrogens (primary N) is 1. The fraction of sp³-hybridized carbons (Fsp3) is 0.250. The van der Waals surface area contributed by atoms with E-state index in [0.717, 1.165) is 16.2 Å². The van der Waals surface area contributed by atoms with Crippen LogP contribution in [0.3, 0.4) is 0 Å². The molecule has 0 aromatic carbocycles. The molecule has 2 amide bonds. The third-order valence-electron chi connectivity index (χ3n) is 3.96. The first-order valence-electron chi connectivity index (χ1n) is 8.06. The highest BCUT2D eigenvalue weighted by Crippen LogP contribution is 2.40. The Labute approximate surface area is 176 Å². The van der Waals surface area contributed by atoms with Crippen molar-refractivity contribution in [3.05, 3.63) is 22.3 Å². The normalized spacial score (nSPS) is 20.7. The van der Waals surface area contributed by atoms with Gasteiger partial charge in [0.1, 0.15) is 22.8 Å². The monoisotopic (exact) mass is 451 g/mol. The summed E-state index contributed by atoms with van der Waals surface area (Å²) in [5, 5.41) is 24.9. The van der Waals surface area contributed by atoms with Gasteiger partial charge in [-0.25, -0.2) is 14.6 Å². The Morgan fingerprint density at radius 3 is 2.77 bits per heavy atom. The molecule has 1 fully saturated rings. The lowest BCUT2D eigenvalue weighted by Crippen LogP contribution is -2.71. The molecular formula is C16H13N5O7S2. The van der Waals surface area contributed by atoms with Gasteiger partial charge in [-0.2, -0.15) is 0 Å². The summed E-state index contributed by atoms with van der Waals surface area (Å²) >= 11 is 2.22. The number of nitrogens with zero attached hydrogens (tertiary/aromatic N) is 3. The molecule has 1 unspecified atom stereocenters. The van der Waals surface area contributed by atoms with Gasteiger partial charge in [0, 0.05) is 16.7 Å². The van der Waals surface area contributed by atoms with Crippen molar-refractivity contribution < 1.29 is 34.2 Å². The molecule has 156 valence electrons. The van der Waals surface area contributed by atoms with Crippen LogP contribution in [-0.2, 0) is 24.0 Å². The maximum absolute atomic E-state index is 12.7. The highest BCUT2D eigenvalue weighted by molar-refractivity contribution is 8.00. The number of fused-ring (bicyclic) bond motifs is 1. The average molecular weight is 451 g/mol. The van der Waals surface area contributed by atoms with Crippen LogP contribution in [0.5, 0.6) is 0 Å². The largest absolute Gasteiger partial charge is 0.479 e. The lowest BCUT2D eigenvalue weighted by Gasteiger charge is -2.48. The number of thioether (sulfide) groups is 1. The third-order valence-corrected chi connectivity index (χ3v) is 5.91. The number of carboxylic acids is 2. The Bertz CT molecular complexity index is 1040. The summed E-state index contributed by atoms with van der Waals surface area (Å²) in [4.78, 5) is 56.9. The quantitative estimate of drug-likeness (QED) is 0.172. The van der Waals surface area contributed by atoms with Gasteiger partial charge in [0.15, 0.2) is 10.8 Å². The molecule has 0 spiro atoms. The lowest BCUT2D eigenvalue weighted by molar-refractivity contribution is -0.150. The molecule has 5 N–H and O–H groups in total. The van der Waals surface area contributed by atoms with E-state index in [-0.39, 0.29) is 33.6 Å². The van der Waals surface area contributed by atoms with Gasteiger partial charge in [0.25, 0.3) is 11.8 Å². The number of β-lactam (4-membered cyclic amide) rings is 1. The van der Waals surface area contributed by atoms with Crippen molar-refractivity contribution in [2.24, 2.45) is 5.16 Å². The van der Waals surface area contributed by atoms with Crippen molar-refractivity contribution in [3.8, 4) is 12.3 Å². The number of amides is 2. The van der Waals surface area contributed by atoms with Crippen molar-refractivity contribution in [3.63, 3.8) is 0 Å². The Balaban J connectivity index is 1.80. The number of carbonyl (C=O) groups is 4. The highest BCUT2D eigenvalue weighted by atomic mass is 32.2. The van der Waals surface area contributed by atoms with Crippen molar-refractivity contribution in [2.75, 3.05) is 18.1 Å². The van der Waals surface area contributed by atoms with E-state index < -0.39 is 41.8 Å². The molecule has 3 heterocycles. The van der Waals surface area contributed by atoms with E-state index in [0.29, 0.717) is 0 Å². The topological polar surface area (TPSA) is 185 Å². The first kappa shape index (κ1) is 21.1. The van der Waals surface area contributed by atoms with Gasteiger partial charge in [-0.05, 0) is 0 Å². The second kappa shape index (κ2) is 8.43. The standard InChI is InChI=1S/C16H13N5O7S2/c1-2-6-4-29-14-10(13(25)21(14)11(6)15(26)27)19-12(24)9(20-28-3-8(22)23)7-5-30-16(17)18-7/h1,5,10,14H,3-4H2,(H2,17,18)(H,19,24)(H,22,23)(H,26,27)/t10?,14-/m0/s1. The summed E-state index contributed by atoms with van der Waals surface area (Å²) < 4.78 is 0. The summed E-state index contributed by atoms with van der Waals surface area (Å²) in [5.74, 6) is -1.72. The number of nitrogen functional groups attached to an aromatic ring is 1. The van der Waals surface area contributed by atoms with Crippen LogP contribution in [0.15, 0.2) is 21.8 Å². The minimum absolute atomic E-state index is 0.0288. The Kier molecular flexibility index (Phi) is 5.94. The summed E-state index contributed by atoms with van der Waals surface area (Å²) in [6.07, 6.45) is 5.32. The fourth-order valence-corrected chi connectivity index (χ4v) is 4.53. The number of thiazole rings is 1. The predicted molar refractivity (Wildman–Crippen MR) is 105 cm³/mol. The minimum Gasteiger partial charge on any atom is -0.479 e. The van der Waals surface area contributed by atoms with E-state index in [1.165, 1.54) is 17.1 Å². The number of rotatable bonds is 7. The maximum Gasteiger partial charge on any atom is 0.353 e. The van der Waals surface area contributed by atoms with Crippen LogP contribution in [0.4, 0.5) is 5.13 Å². The van der Waals surface area contributed by atoms with Crippen LogP contribution in [0.25, 0.3) is 0 Å². The SMILES string of the molecule is C#CC1=C(C(=O)O)N2C(=O)C(NC(=O)C(=NOCC(=O)O)c3csc(N)n3)[C@@H]2SC1. The van der Waals surface area contributed by atoms with Gasteiger partial charge in [-0.1, -0.05) is 11.1 Å². The van der Waals surface area contributed by atoms with E-state index in [1.54, 1.807) is 0 Å². The molecule has 1 aromatic rings. The molecule has 3 rings (SSSR count). The van der Waals surface area contributed by atoms with E-state index in [2.05, 4.69) is 26.2 Å². The number of hydrogen-bond donors (Lipinski definition) is 4. The molecule has 0 aliphatic carbocycles. The van der Waals surface area contributed by atoms with E-state index in [9.17, 15) is 24.3 Å². The predicted octanol–water partition coefficient (Wildman–Crippen LogP) is -1.10. The number of aliphatic carboxylic acids is 2. The number of oxime groups is 1.